The molecule has 0 bridgehead atoms. The summed E-state index contributed by atoms with van der Waals surface area (Å²) in [6, 6.07) is 9.44. The molecule has 24 heavy (non-hydrogen) atoms. The summed E-state index contributed by atoms with van der Waals surface area (Å²) < 4.78 is 27.7. The molecule has 3 rings (SSSR count). The third-order valence-corrected chi connectivity index (χ3v) is 6.17. The molecule has 0 saturated heterocycles. The average Bonchev–Trinajstić information content (AvgIpc) is 2.48. The molecule has 2 N–H and O–H groups in total. The first-order chi connectivity index (χ1) is 11.3. The minimum atomic E-state index is -3.38. The smallest absolute Gasteiger partial charge is 0.212 e. The minimum absolute atomic E-state index is 0.0601. The summed E-state index contributed by atoms with van der Waals surface area (Å²) in [5.74, 6) is 0.259. The number of hydrogen-bond acceptors (Lipinski definition) is 4. The molecule has 0 aliphatic heterocycles. The van der Waals surface area contributed by atoms with Gasteiger partial charge in [0.1, 0.15) is 0 Å². The maximum Gasteiger partial charge on any atom is 0.212 e. The molecule has 2 aromatic rings. The van der Waals surface area contributed by atoms with Crippen molar-refractivity contribution in [3.8, 4) is 0 Å². The van der Waals surface area contributed by atoms with E-state index in [4.69, 9.17) is 0 Å². The number of nitrogens with one attached hydrogen (secondary N) is 1. The highest BCUT2D eigenvalue weighted by molar-refractivity contribution is 7.89. The van der Waals surface area contributed by atoms with Gasteiger partial charge in [0.15, 0.2) is 0 Å². The van der Waals surface area contributed by atoms with E-state index in [0.717, 1.165) is 16.5 Å². The SMILES string of the molecule is CC(C)CS(=O)(=O)N[C@@H](c1cnc2ccccc2c1)C1CC(O)C1. The fourth-order valence-electron chi connectivity index (χ4n) is 3.28. The number of aliphatic hydroxyl groups is 1. The second-order valence-corrected chi connectivity index (χ2v) is 8.92. The number of aromatic nitrogens is 1. The molecule has 6 heteroatoms. The van der Waals surface area contributed by atoms with Crippen molar-refractivity contribution in [2.24, 2.45) is 11.8 Å². The number of nitrogens with zero attached hydrogens (tertiary/aromatic N) is 1. The number of aliphatic hydroxyl groups excluding tert-OH is 1. The molecular formula is C18H24N2O3S. The first kappa shape index (κ1) is 17.3. The molecule has 1 aromatic heterocycles. The quantitative estimate of drug-likeness (QED) is 0.841. The van der Waals surface area contributed by atoms with Gasteiger partial charge in [-0.2, -0.15) is 0 Å². The molecule has 5 nitrogen and oxygen atoms in total. The van der Waals surface area contributed by atoms with E-state index in [2.05, 4.69) is 9.71 Å². The Morgan fingerprint density at radius 3 is 2.67 bits per heavy atom. The van der Waals surface area contributed by atoms with Crippen molar-refractivity contribution in [2.75, 3.05) is 5.75 Å². The van der Waals surface area contributed by atoms with Gasteiger partial charge < -0.3 is 5.11 Å². The van der Waals surface area contributed by atoms with Crippen LogP contribution in [0.15, 0.2) is 36.5 Å². The van der Waals surface area contributed by atoms with Crippen LogP contribution in [0.5, 0.6) is 0 Å². The zero-order valence-corrected chi connectivity index (χ0v) is 14.8. The van der Waals surface area contributed by atoms with Gasteiger partial charge in [-0.15, -0.1) is 0 Å². The fourth-order valence-corrected chi connectivity index (χ4v) is 4.97. The van der Waals surface area contributed by atoms with Crippen LogP contribution in [0.25, 0.3) is 10.9 Å². The summed E-state index contributed by atoms with van der Waals surface area (Å²) >= 11 is 0. The molecule has 1 fully saturated rings. The number of hydrogen-bond donors (Lipinski definition) is 2. The van der Waals surface area contributed by atoms with Gasteiger partial charge >= 0.3 is 0 Å². The van der Waals surface area contributed by atoms with Crippen LogP contribution in [0.4, 0.5) is 0 Å². The zero-order chi connectivity index (χ0) is 17.3. The first-order valence-electron chi connectivity index (χ1n) is 8.37. The topological polar surface area (TPSA) is 79.3 Å². The lowest BCUT2D eigenvalue weighted by atomic mass is 9.75. The summed E-state index contributed by atoms with van der Waals surface area (Å²) in [5, 5.41) is 10.6. The molecule has 1 aliphatic carbocycles. The summed E-state index contributed by atoms with van der Waals surface area (Å²) in [6.45, 7) is 3.78. The van der Waals surface area contributed by atoms with E-state index in [1.165, 1.54) is 0 Å². The molecule has 0 spiro atoms. The van der Waals surface area contributed by atoms with Crippen LogP contribution >= 0.6 is 0 Å². The minimum Gasteiger partial charge on any atom is -0.393 e. The van der Waals surface area contributed by atoms with Crippen molar-refractivity contribution in [2.45, 2.75) is 38.8 Å². The van der Waals surface area contributed by atoms with E-state index < -0.39 is 10.0 Å². The summed E-state index contributed by atoms with van der Waals surface area (Å²) in [7, 11) is -3.38. The maximum absolute atomic E-state index is 12.4. The Labute approximate surface area is 143 Å². The zero-order valence-electron chi connectivity index (χ0n) is 14.0. The number of rotatable bonds is 6. The highest BCUT2D eigenvalue weighted by atomic mass is 32.2. The Morgan fingerprint density at radius 1 is 1.29 bits per heavy atom. The lowest BCUT2D eigenvalue weighted by Crippen LogP contribution is -2.42. The van der Waals surface area contributed by atoms with E-state index in [-0.39, 0.29) is 29.7 Å². The van der Waals surface area contributed by atoms with E-state index in [0.29, 0.717) is 12.8 Å². The molecule has 1 heterocycles. The molecule has 1 aliphatic rings. The van der Waals surface area contributed by atoms with Gasteiger partial charge in [0.05, 0.1) is 23.4 Å². The molecule has 1 saturated carbocycles. The van der Waals surface area contributed by atoms with Crippen LogP contribution in [0.3, 0.4) is 0 Å². The van der Waals surface area contributed by atoms with Crippen LogP contribution in [0.2, 0.25) is 0 Å². The van der Waals surface area contributed by atoms with E-state index in [1.807, 2.05) is 44.2 Å². The third kappa shape index (κ3) is 3.94. The number of benzene rings is 1. The lowest BCUT2D eigenvalue weighted by molar-refractivity contribution is 0.0280. The molecule has 0 amide bonds. The number of fused-ring (bicyclic) bond motifs is 1. The molecule has 1 atom stereocenters. The first-order valence-corrected chi connectivity index (χ1v) is 10.0. The van der Waals surface area contributed by atoms with Crippen molar-refractivity contribution in [1.29, 1.82) is 0 Å². The van der Waals surface area contributed by atoms with Gasteiger partial charge in [-0.1, -0.05) is 32.0 Å². The van der Waals surface area contributed by atoms with Crippen molar-refractivity contribution >= 4 is 20.9 Å². The van der Waals surface area contributed by atoms with E-state index in [9.17, 15) is 13.5 Å². The predicted molar refractivity (Wildman–Crippen MR) is 95.0 cm³/mol. The molecule has 130 valence electrons. The summed E-state index contributed by atoms with van der Waals surface area (Å²) in [4.78, 5) is 4.46. The number of sulfonamides is 1. The maximum atomic E-state index is 12.4. The summed E-state index contributed by atoms with van der Waals surface area (Å²) in [6.07, 6.45) is 2.64. The second kappa shape index (κ2) is 6.78. The van der Waals surface area contributed by atoms with Crippen molar-refractivity contribution < 1.29 is 13.5 Å². The predicted octanol–water partition coefficient (Wildman–Crippen LogP) is 2.62. The standard InChI is InChI=1S/C18H24N2O3S/c1-12(2)11-24(22,23)20-18(14-8-16(21)9-14)15-7-13-5-3-4-6-17(13)19-10-15/h3-7,10,12,14,16,18,20-21H,8-9,11H2,1-2H3/t14?,16?,18-/m1/s1. The highest BCUT2D eigenvalue weighted by Gasteiger charge is 2.37. The largest absolute Gasteiger partial charge is 0.393 e. The van der Waals surface area contributed by atoms with Gasteiger partial charge in [-0.05, 0) is 42.4 Å². The number of para-hydroxylation sites is 1. The Morgan fingerprint density at radius 2 is 2.00 bits per heavy atom. The molecular weight excluding hydrogens is 324 g/mol. The van der Waals surface area contributed by atoms with Gasteiger partial charge in [0, 0.05) is 11.6 Å². The molecule has 0 radical (unpaired) electrons. The monoisotopic (exact) mass is 348 g/mol. The van der Waals surface area contributed by atoms with Crippen molar-refractivity contribution in [3.05, 3.63) is 42.1 Å². The Kier molecular flexibility index (Phi) is 4.90. The van der Waals surface area contributed by atoms with Gasteiger partial charge in [-0.25, -0.2) is 13.1 Å². The van der Waals surface area contributed by atoms with Gasteiger partial charge in [-0.3, -0.25) is 4.98 Å². The van der Waals surface area contributed by atoms with E-state index >= 15 is 0 Å². The van der Waals surface area contributed by atoms with Crippen LogP contribution < -0.4 is 4.72 Å². The van der Waals surface area contributed by atoms with Gasteiger partial charge in [0.2, 0.25) is 10.0 Å². The Hall–Kier alpha value is -1.50. The Balaban J connectivity index is 1.91. The van der Waals surface area contributed by atoms with Crippen LogP contribution in [-0.2, 0) is 10.0 Å². The highest BCUT2D eigenvalue weighted by Crippen LogP contribution is 2.39. The normalized spacial score (nSPS) is 22.5. The van der Waals surface area contributed by atoms with Crippen molar-refractivity contribution in [1.82, 2.24) is 9.71 Å². The van der Waals surface area contributed by atoms with Crippen LogP contribution in [0, 0.1) is 11.8 Å². The van der Waals surface area contributed by atoms with Gasteiger partial charge in [0.25, 0.3) is 0 Å². The van der Waals surface area contributed by atoms with Crippen LogP contribution in [-0.4, -0.2) is 30.4 Å². The molecule has 0 unspecified atom stereocenters. The van der Waals surface area contributed by atoms with Crippen molar-refractivity contribution in [3.63, 3.8) is 0 Å². The Bertz CT molecular complexity index is 814. The third-order valence-electron chi connectivity index (χ3n) is 4.45. The van der Waals surface area contributed by atoms with Crippen LogP contribution in [0.1, 0.15) is 38.3 Å². The second-order valence-electron chi connectivity index (χ2n) is 7.12. The average molecular weight is 348 g/mol. The number of pyridine rings is 1. The fraction of sp³-hybridized carbons (Fsp3) is 0.500. The lowest BCUT2D eigenvalue weighted by Gasteiger charge is -2.38. The summed E-state index contributed by atoms with van der Waals surface area (Å²) in [5.41, 5.74) is 1.75. The molecule has 1 aromatic carbocycles. The van der Waals surface area contributed by atoms with E-state index in [1.54, 1.807) is 6.20 Å².